The number of alkyl halides is 1. The van der Waals surface area contributed by atoms with E-state index in [2.05, 4.69) is 0 Å². The van der Waals surface area contributed by atoms with Crippen LogP contribution in [0.2, 0.25) is 0 Å². The minimum Gasteiger partial charge on any atom is -0.325 e. The van der Waals surface area contributed by atoms with Gasteiger partial charge in [0.25, 0.3) is 0 Å². The first-order chi connectivity index (χ1) is 3.80. The second-order valence-corrected chi connectivity index (χ2v) is 2.46. The fraction of sp³-hybridized carbons (Fsp3) is 1.00. The summed E-state index contributed by atoms with van der Waals surface area (Å²) in [4.78, 5) is 0. The summed E-state index contributed by atoms with van der Waals surface area (Å²) in [6.07, 6.45) is 2.97. The van der Waals surface area contributed by atoms with Gasteiger partial charge in [-0.15, -0.1) is 12.4 Å². The molecule has 1 saturated carbocycles. The average molecular weight is 154 g/mol. The molecule has 1 nitrogen and oxygen atoms in total. The molecular weight excluding hydrogens is 141 g/mol. The lowest BCUT2D eigenvalue weighted by molar-refractivity contribution is 0.218. The quantitative estimate of drug-likeness (QED) is 0.563. The topological polar surface area (TPSA) is 26.0 Å². The van der Waals surface area contributed by atoms with Crippen molar-refractivity contribution in [2.45, 2.75) is 37.9 Å². The van der Waals surface area contributed by atoms with E-state index >= 15 is 0 Å². The van der Waals surface area contributed by atoms with Gasteiger partial charge in [0.15, 0.2) is 0 Å². The summed E-state index contributed by atoms with van der Waals surface area (Å²) in [5.41, 5.74) is 5.40. The molecule has 1 rings (SSSR count). The summed E-state index contributed by atoms with van der Waals surface area (Å²) in [5, 5.41) is 0. The van der Waals surface area contributed by atoms with Crippen molar-refractivity contribution in [1.29, 1.82) is 0 Å². The van der Waals surface area contributed by atoms with Crippen molar-refractivity contribution in [1.82, 2.24) is 0 Å². The molecule has 0 spiro atoms. The highest BCUT2D eigenvalue weighted by Crippen LogP contribution is 2.18. The lowest BCUT2D eigenvalue weighted by atomic mass is 9.95. The molecular formula is C6H13ClFN. The van der Waals surface area contributed by atoms with E-state index in [0.29, 0.717) is 6.42 Å². The Morgan fingerprint density at radius 3 is 2.11 bits per heavy atom. The summed E-state index contributed by atoms with van der Waals surface area (Å²) in [5.74, 6) is 0. The number of hydrogen-bond donors (Lipinski definition) is 1. The molecule has 3 heteroatoms. The van der Waals surface area contributed by atoms with Crippen molar-refractivity contribution >= 4 is 12.4 Å². The normalized spacial score (nSPS) is 35.3. The molecule has 9 heavy (non-hydrogen) atoms. The highest BCUT2D eigenvalue weighted by molar-refractivity contribution is 5.85. The summed E-state index contributed by atoms with van der Waals surface area (Å²) in [7, 11) is 0. The highest BCUT2D eigenvalue weighted by Gasteiger charge is 2.19. The third-order valence-electron chi connectivity index (χ3n) is 1.73. The van der Waals surface area contributed by atoms with Crippen LogP contribution in [0.15, 0.2) is 0 Å². The second kappa shape index (κ2) is 4.07. The summed E-state index contributed by atoms with van der Waals surface area (Å²) >= 11 is 0. The fourth-order valence-electron chi connectivity index (χ4n) is 1.11. The van der Waals surface area contributed by atoms with Gasteiger partial charge in [-0.1, -0.05) is 12.8 Å². The van der Waals surface area contributed by atoms with Gasteiger partial charge in [-0.3, -0.25) is 0 Å². The van der Waals surface area contributed by atoms with Crippen molar-refractivity contribution in [3.63, 3.8) is 0 Å². The van der Waals surface area contributed by atoms with E-state index in [1.54, 1.807) is 0 Å². The van der Waals surface area contributed by atoms with Crippen molar-refractivity contribution in [3.05, 3.63) is 0 Å². The lowest BCUT2D eigenvalue weighted by Crippen LogP contribution is -2.34. The first kappa shape index (κ1) is 9.18. The molecule has 0 amide bonds. The van der Waals surface area contributed by atoms with Gasteiger partial charge in [-0.05, 0) is 12.8 Å². The zero-order valence-corrected chi connectivity index (χ0v) is 6.16. The van der Waals surface area contributed by atoms with E-state index < -0.39 is 6.17 Å². The van der Waals surface area contributed by atoms with Crippen molar-refractivity contribution in [2.75, 3.05) is 0 Å². The lowest BCUT2D eigenvalue weighted by Gasteiger charge is -2.21. The SMILES string of the molecule is Cl.N[C@@H]1CCCC[C@H]1F. The number of halogens is 2. The Morgan fingerprint density at radius 2 is 1.78 bits per heavy atom. The molecule has 0 heterocycles. The first-order valence-corrected chi connectivity index (χ1v) is 3.20. The maximum atomic E-state index is 12.5. The van der Waals surface area contributed by atoms with Crippen LogP contribution in [0.1, 0.15) is 25.7 Å². The molecule has 0 saturated heterocycles. The maximum Gasteiger partial charge on any atom is 0.115 e. The fourth-order valence-corrected chi connectivity index (χ4v) is 1.11. The predicted octanol–water partition coefficient (Wildman–Crippen LogP) is 1.65. The Labute approximate surface area is 61.2 Å². The third kappa shape index (κ3) is 2.50. The van der Waals surface area contributed by atoms with Crippen LogP contribution in [0.5, 0.6) is 0 Å². The average Bonchev–Trinajstić information content (AvgIpc) is 1.77. The number of nitrogens with two attached hydrogens (primary N) is 1. The van der Waals surface area contributed by atoms with Crippen LogP contribution in [0.25, 0.3) is 0 Å². The summed E-state index contributed by atoms with van der Waals surface area (Å²) in [6.45, 7) is 0. The Hall–Kier alpha value is 0.180. The standard InChI is InChI=1S/C6H12FN.ClH/c7-5-3-1-2-4-6(5)8;/h5-6H,1-4,8H2;1H/t5-,6-;/m1./s1. The van der Waals surface area contributed by atoms with Crippen LogP contribution in [0.4, 0.5) is 4.39 Å². The Morgan fingerprint density at radius 1 is 1.22 bits per heavy atom. The van der Waals surface area contributed by atoms with E-state index in [1.807, 2.05) is 0 Å². The molecule has 0 unspecified atom stereocenters. The van der Waals surface area contributed by atoms with E-state index in [9.17, 15) is 4.39 Å². The van der Waals surface area contributed by atoms with Crippen LogP contribution in [-0.4, -0.2) is 12.2 Å². The van der Waals surface area contributed by atoms with E-state index in [-0.39, 0.29) is 18.4 Å². The van der Waals surface area contributed by atoms with E-state index in [1.165, 1.54) is 0 Å². The maximum absolute atomic E-state index is 12.5. The van der Waals surface area contributed by atoms with Gasteiger partial charge >= 0.3 is 0 Å². The van der Waals surface area contributed by atoms with Crippen LogP contribution < -0.4 is 5.73 Å². The molecule has 0 bridgehead atoms. The molecule has 2 atom stereocenters. The summed E-state index contributed by atoms with van der Waals surface area (Å²) in [6, 6.07) is -0.163. The van der Waals surface area contributed by atoms with Crippen LogP contribution in [-0.2, 0) is 0 Å². The third-order valence-corrected chi connectivity index (χ3v) is 1.73. The van der Waals surface area contributed by atoms with Gasteiger partial charge < -0.3 is 5.73 Å². The van der Waals surface area contributed by atoms with Crippen LogP contribution in [0, 0.1) is 0 Å². The van der Waals surface area contributed by atoms with E-state index in [0.717, 1.165) is 19.3 Å². The largest absolute Gasteiger partial charge is 0.325 e. The summed E-state index contributed by atoms with van der Waals surface area (Å²) < 4.78 is 12.5. The van der Waals surface area contributed by atoms with Crippen LogP contribution in [0.3, 0.4) is 0 Å². The highest BCUT2D eigenvalue weighted by atomic mass is 35.5. The van der Waals surface area contributed by atoms with Gasteiger partial charge in [0, 0.05) is 6.04 Å². The Balaban J connectivity index is 0.000000640. The smallest absolute Gasteiger partial charge is 0.115 e. The Kier molecular flexibility index (Phi) is 4.15. The van der Waals surface area contributed by atoms with Crippen molar-refractivity contribution < 1.29 is 4.39 Å². The van der Waals surface area contributed by atoms with Gasteiger partial charge in [-0.25, -0.2) is 4.39 Å². The number of hydrogen-bond acceptors (Lipinski definition) is 1. The van der Waals surface area contributed by atoms with Crippen molar-refractivity contribution in [3.8, 4) is 0 Å². The molecule has 2 N–H and O–H groups in total. The molecule has 0 aromatic rings. The monoisotopic (exact) mass is 153 g/mol. The minimum atomic E-state index is -0.719. The van der Waals surface area contributed by atoms with Gasteiger partial charge in [0.2, 0.25) is 0 Å². The molecule has 1 fully saturated rings. The number of rotatable bonds is 0. The molecule has 1 aliphatic rings. The molecule has 0 aromatic heterocycles. The molecule has 0 aliphatic heterocycles. The van der Waals surface area contributed by atoms with Gasteiger partial charge in [-0.2, -0.15) is 0 Å². The Bertz CT molecular complexity index is 69.5. The predicted molar refractivity (Wildman–Crippen MR) is 38.6 cm³/mol. The van der Waals surface area contributed by atoms with E-state index in [4.69, 9.17) is 5.73 Å². The molecule has 0 aromatic carbocycles. The van der Waals surface area contributed by atoms with Gasteiger partial charge in [0.05, 0.1) is 0 Å². The molecule has 0 radical (unpaired) electrons. The zero-order valence-electron chi connectivity index (χ0n) is 5.35. The molecule has 56 valence electrons. The van der Waals surface area contributed by atoms with Gasteiger partial charge in [0.1, 0.15) is 6.17 Å². The molecule has 1 aliphatic carbocycles. The van der Waals surface area contributed by atoms with Crippen molar-refractivity contribution in [2.24, 2.45) is 5.73 Å². The first-order valence-electron chi connectivity index (χ1n) is 3.20. The zero-order chi connectivity index (χ0) is 5.98. The second-order valence-electron chi connectivity index (χ2n) is 2.46. The van der Waals surface area contributed by atoms with Crippen LogP contribution >= 0.6 is 12.4 Å². The minimum absolute atomic E-state index is 0.